The molecule has 174 valence electrons. The normalized spacial score (nSPS) is 12.5. The zero-order valence-electron chi connectivity index (χ0n) is 18.2. The maximum absolute atomic E-state index is 14.0. The van der Waals surface area contributed by atoms with Crippen molar-refractivity contribution in [3.8, 4) is 11.3 Å². The molecule has 0 amide bonds. The number of para-hydroxylation sites is 1. The van der Waals surface area contributed by atoms with Crippen LogP contribution in [0.4, 0.5) is 18.9 Å². The van der Waals surface area contributed by atoms with Crippen molar-refractivity contribution in [2.24, 2.45) is 0 Å². The number of fused-ring (bicyclic) bond motifs is 1. The number of benzene rings is 3. The van der Waals surface area contributed by atoms with Crippen molar-refractivity contribution < 1.29 is 27.5 Å². The van der Waals surface area contributed by atoms with Crippen molar-refractivity contribution in [3.05, 3.63) is 99.2 Å². The Morgan fingerprint density at radius 3 is 2.32 bits per heavy atom. The van der Waals surface area contributed by atoms with Gasteiger partial charge in [-0.05, 0) is 37.6 Å². The van der Waals surface area contributed by atoms with Gasteiger partial charge in [0.2, 0.25) is 5.43 Å². The van der Waals surface area contributed by atoms with Gasteiger partial charge in [0.15, 0.2) is 5.76 Å². The number of alkyl halides is 3. The fourth-order valence-electron chi connectivity index (χ4n) is 3.95. The Hall–Kier alpha value is -4.07. The summed E-state index contributed by atoms with van der Waals surface area (Å²) in [6, 6.07) is 16.4. The van der Waals surface area contributed by atoms with Gasteiger partial charge in [-0.25, -0.2) is 4.79 Å². The van der Waals surface area contributed by atoms with Gasteiger partial charge in [0, 0.05) is 16.8 Å². The lowest BCUT2D eigenvalue weighted by atomic mass is 9.98. The molecule has 0 saturated carbocycles. The molecule has 4 aromatic rings. The molecular weight excluding hydrogens is 447 g/mol. The molecule has 1 heterocycles. The van der Waals surface area contributed by atoms with E-state index >= 15 is 0 Å². The number of nitrogens with one attached hydrogen (secondary N) is 1. The highest BCUT2D eigenvalue weighted by Crippen LogP contribution is 2.38. The fourth-order valence-corrected chi connectivity index (χ4v) is 3.95. The molecule has 3 aromatic carbocycles. The van der Waals surface area contributed by atoms with E-state index in [-0.39, 0.29) is 22.1 Å². The van der Waals surface area contributed by atoms with E-state index in [0.29, 0.717) is 16.8 Å². The van der Waals surface area contributed by atoms with Crippen molar-refractivity contribution in [1.29, 1.82) is 0 Å². The van der Waals surface area contributed by atoms with Crippen molar-refractivity contribution in [2.75, 3.05) is 5.32 Å². The van der Waals surface area contributed by atoms with Gasteiger partial charge in [-0.15, -0.1) is 0 Å². The maximum Gasteiger partial charge on any atom is 0.423 e. The van der Waals surface area contributed by atoms with E-state index < -0.39 is 34.9 Å². The second-order valence-electron chi connectivity index (χ2n) is 7.95. The highest BCUT2D eigenvalue weighted by Gasteiger charge is 2.39. The first kappa shape index (κ1) is 23.1. The van der Waals surface area contributed by atoms with Crippen LogP contribution in [0.15, 0.2) is 75.9 Å². The molecule has 0 aliphatic heterocycles. The summed E-state index contributed by atoms with van der Waals surface area (Å²) < 4.78 is 47.7. The zero-order valence-corrected chi connectivity index (χ0v) is 18.2. The zero-order chi connectivity index (χ0) is 24.6. The van der Waals surface area contributed by atoms with Crippen molar-refractivity contribution >= 4 is 22.6 Å². The van der Waals surface area contributed by atoms with E-state index in [0.717, 1.165) is 0 Å². The molecule has 0 unspecified atom stereocenters. The molecule has 4 rings (SSSR count). The first-order valence-corrected chi connectivity index (χ1v) is 10.4. The number of rotatable bonds is 5. The van der Waals surface area contributed by atoms with E-state index in [2.05, 4.69) is 5.32 Å². The number of anilines is 1. The predicted molar refractivity (Wildman–Crippen MR) is 123 cm³/mol. The van der Waals surface area contributed by atoms with E-state index in [4.69, 9.17) is 4.42 Å². The van der Waals surface area contributed by atoms with Crippen LogP contribution in [0.5, 0.6) is 0 Å². The SMILES string of the molecule is Cc1cc([C@@H](C)Nc2ccccc2C(=O)O)c2oc(-c3ccccc3)c(C(F)(F)F)c(=O)c2c1. The van der Waals surface area contributed by atoms with Crippen LogP contribution in [-0.4, -0.2) is 11.1 Å². The minimum atomic E-state index is -4.92. The lowest BCUT2D eigenvalue weighted by molar-refractivity contribution is -0.138. The number of hydrogen-bond donors (Lipinski definition) is 2. The quantitative estimate of drug-likeness (QED) is 0.343. The highest BCUT2D eigenvalue weighted by molar-refractivity contribution is 5.94. The Bertz CT molecular complexity index is 1440. The van der Waals surface area contributed by atoms with Crippen molar-refractivity contribution in [3.63, 3.8) is 0 Å². The monoisotopic (exact) mass is 467 g/mol. The third kappa shape index (κ3) is 4.26. The van der Waals surface area contributed by atoms with Crippen molar-refractivity contribution in [1.82, 2.24) is 0 Å². The summed E-state index contributed by atoms with van der Waals surface area (Å²) in [6.45, 7) is 3.38. The van der Waals surface area contributed by atoms with Crippen LogP contribution in [0.2, 0.25) is 0 Å². The Labute approximate surface area is 192 Å². The molecule has 0 bridgehead atoms. The number of carbonyl (C=O) groups is 1. The van der Waals surface area contributed by atoms with Crippen LogP contribution in [-0.2, 0) is 6.18 Å². The van der Waals surface area contributed by atoms with Gasteiger partial charge in [-0.1, -0.05) is 48.5 Å². The second kappa shape index (κ2) is 8.70. The minimum Gasteiger partial charge on any atom is -0.478 e. The third-order valence-electron chi connectivity index (χ3n) is 5.48. The van der Waals surface area contributed by atoms with Gasteiger partial charge in [0.05, 0.1) is 17.0 Å². The first-order chi connectivity index (χ1) is 16.1. The first-order valence-electron chi connectivity index (χ1n) is 10.4. The molecule has 0 saturated heterocycles. The average Bonchev–Trinajstić information content (AvgIpc) is 2.78. The van der Waals surface area contributed by atoms with Gasteiger partial charge in [-0.2, -0.15) is 13.2 Å². The van der Waals surface area contributed by atoms with Crippen molar-refractivity contribution in [2.45, 2.75) is 26.1 Å². The highest BCUT2D eigenvalue weighted by atomic mass is 19.4. The summed E-state index contributed by atoms with van der Waals surface area (Å²) in [5, 5.41) is 12.4. The molecule has 8 heteroatoms. The Morgan fingerprint density at radius 2 is 1.68 bits per heavy atom. The number of carboxylic acid groups (broad SMARTS) is 1. The third-order valence-corrected chi connectivity index (χ3v) is 5.48. The number of carboxylic acids is 1. The molecule has 1 atom stereocenters. The number of aromatic carboxylic acids is 1. The molecule has 1 aromatic heterocycles. The largest absolute Gasteiger partial charge is 0.478 e. The second-order valence-corrected chi connectivity index (χ2v) is 7.95. The van der Waals surface area contributed by atoms with E-state index in [1.54, 1.807) is 56.3 Å². The molecule has 0 aliphatic carbocycles. The summed E-state index contributed by atoms with van der Waals surface area (Å²) in [6.07, 6.45) is -4.92. The lowest BCUT2D eigenvalue weighted by Gasteiger charge is -2.20. The molecule has 2 N–H and O–H groups in total. The summed E-state index contributed by atoms with van der Waals surface area (Å²) in [5.41, 5.74) is -1.04. The van der Waals surface area contributed by atoms with E-state index in [1.165, 1.54) is 24.3 Å². The fraction of sp³-hybridized carbons (Fsp3) is 0.154. The van der Waals surface area contributed by atoms with Crippen LogP contribution >= 0.6 is 0 Å². The summed E-state index contributed by atoms with van der Waals surface area (Å²) in [4.78, 5) is 24.7. The van der Waals surface area contributed by atoms with Gasteiger partial charge < -0.3 is 14.8 Å². The minimum absolute atomic E-state index is 0.00950. The van der Waals surface area contributed by atoms with E-state index in [9.17, 15) is 27.9 Å². The van der Waals surface area contributed by atoms with Crippen LogP contribution in [0.3, 0.4) is 0 Å². The molecular formula is C26H20F3NO4. The smallest absolute Gasteiger partial charge is 0.423 e. The standard InChI is InChI=1S/C26H20F3NO4/c1-14-12-18(15(2)30-20-11-7-6-10-17(20)25(32)33)24-19(13-14)22(31)21(26(27,28)29)23(34-24)16-8-4-3-5-9-16/h3-13,15,30H,1-2H3,(H,32,33)/t15-/m1/s1. The number of halogens is 3. The Morgan fingerprint density at radius 1 is 1.03 bits per heavy atom. The van der Waals surface area contributed by atoms with Gasteiger partial charge in [0.1, 0.15) is 11.1 Å². The topological polar surface area (TPSA) is 79.5 Å². The van der Waals surface area contributed by atoms with Crippen LogP contribution < -0.4 is 10.7 Å². The van der Waals surface area contributed by atoms with Gasteiger partial charge >= 0.3 is 12.1 Å². The summed E-state index contributed by atoms with van der Waals surface area (Å²) >= 11 is 0. The maximum atomic E-state index is 14.0. The molecule has 0 fully saturated rings. The predicted octanol–water partition coefficient (Wildman–Crippen LogP) is 6.66. The number of aryl methyl sites for hydroxylation is 1. The molecule has 0 spiro atoms. The Balaban J connectivity index is 1.97. The summed E-state index contributed by atoms with van der Waals surface area (Å²) in [7, 11) is 0. The number of hydrogen-bond acceptors (Lipinski definition) is 4. The Kier molecular flexibility index (Phi) is 5.91. The molecule has 34 heavy (non-hydrogen) atoms. The van der Waals surface area contributed by atoms with Crippen LogP contribution in [0.1, 0.15) is 40.0 Å². The van der Waals surface area contributed by atoms with E-state index in [1.807, 2.05) is 0 Å². The molecule has 5 nitrogen and oxygen atoms in total. The molecule has 0 radical (unpaired) electrons. The van der Waals surface area contributed by atoms with Gasteiger partial charge in [-0.3, -0.25) is 4.79 Å². The summed E-state index contributed by atoms with van der Waals surface area (Å²) in [5.74, 6) is -1.69. The van der Waals surface area contributed by atoms with Crippen LogP contribution in [0.25, 0.3) is 22.3 Å². The lowest BCUT2D eigenvalue weighted by Crippen LogP contribution is -2.22. The molecule has 0 aliphatic rings. The average molecular weight is 467 g/mol. The van der Waals surface area contributed by atoms with Crippen LogP contribution in [0, 0.1) is 6.92 Å². The van der Waals surface area contributed by atoms with Gasteiger partial charge in [0.25, 0.3) is 0 Å².